The van der Waals surface area contributed by atoms with E-state index in [1.165, 1.54) is 30.6 Å². The summed E-state index contributed by atoms with van der Waals surface area (Å²) in [6, 6.07) is 3.20. The summed E-state index contributed by atoms with van der Waals surface area (Å²) in [5, 5.41) is 6.26. The lowest BCUT2D eigenvalue weighted by Gasteiger charge is -2.62. The molecule has 1 aromatic heterocycles. The molecule has 20 heavy (non-hydrogen) atoms. The molecule has 1 heterocycles. The quantitative estimate of drug-likeness (QED) is 0.840. The fourth-order valence-corrected chi connectivity index (χ4v) is 5.69. The van der Waals surface area contributed by atoms with Crippen molar-refractivity contribution >= 4 is 11.3 Å². The molecule has 2 heteroatoms. The highest BCUT2D eigenvalue weighted by Gasteiger charge is 2.55. The molecule has 0 amide bonds. The van der Waals surface area contributed by atoms with Gasteiger partial charge in [0.2, 0.25) is 0 Å². The Morgan fingerprint density at radius 1 is 1.30 bits per heavy atom. The van der Waals surface area contributed by atoms with Crippen molar-refractivity contribution in [2.24, 2.45) is 23.2 Å². The van der Waals surface area contributed by atoms with Crippen LogP contribution in [0, 0.1) is 23.2 Å². The average Bonchev–Trinajstić information content (AvgIpc) is 3.16. The zero-order valence-electron chi connectivity index (χ0n) is 13.0. The summed E-state index contributed by atoms with van der Waals surface area (Å²) in [4.78, 5) is 1.54. The van der Waals surface area contributed by atoms with Crippen LogP contribution in [0.25, 0.3) is 0 Å². The lowest BCUT2D eigenvalue weighted by molar-refractivity contribution is -0.115. The number of fused-ring (bicyclic) bond motifs is 2. The molecule has 1 unspecified atom stereocenters. The summed E-state index contributed by atoms with van der Waals surface area (Å²) in [5.74, 6) is 3.66. The lowest BCUT2D eigenvalue weighted by atomic mass is 9.45. The van der Waals surface area contributed by atoms with E-state index in [2.05, 4.69) is 37.5 Å². The van der Waals surface area contributed by atoms with Gasteiger partial charge in [0, 0.05) is 17.5 Å². The number of rotatable bonds is 4. The number of thiophene rings is 1. The fraction of sp³-hybridized carbons (Fsp3) is 0.778. The van der Waals surface area contributed by atoms with E-state index < -0.39 is 0 Å². The standard InChI is InChI=1S/C18H27NS/c1-11-16-7-14(18(16,2)3)8-17(11)19-9-15-6-13(10-20-15)12-4-5-12/h6,10-12,14,16-17,19H,4-5,7-9H2,1-3H3/t11-,14?,16-,17-/m1/s1. The predicted molar refractivity (Wildman–Crippen MR) is 86.1 cm³/mol. The van der Waals surface area contributed by atoms with Crippen molar-refractivity contribution < 1.29 is 0 Å². The first-order valence-corrected chi connectivity index (χ1v) is 9.24. The van der Waals surface area contributed by atoms with Gasteiger partial charge in [0.15, 0.2) is 0 Å². The smallest absolute Gasteiger partial charge is 0.0302 e. The van der Waals surface area contributed by atoms with Crippen molar-refractivity contribution in [3.05, 3.63) is 21.9 Å². The van der Waals surface area contributed by atoms with Crippen LogP contribution in [0.1, 0.15) is 62.8 Å². The van der Waals surface area contributed by atoms with E-state index in [1.54, 1.807) is 5.56 Å². The topological polar surface area (TPSA) is 12.0 Å². The highest BCUT2D eigenvalue weighted by molar-refractivity contribution is 7.10. The van der Waals surface area contributed by atoms with Crippen molar-refractivity contribution in [1.29, 1.82) is 0 Å². The molecule has 2 bridgehead atoms. The van der Waals surface area contributed by atoms with Gasteiger partial charge in [-0.3, -0.25) is 0 Å². The number of hydrogen-bond acceptors (Lipinski definition) is 2. The van der Waals surface area contributed by atoms with Gasteiger partial charge in [-0.1, -0.05) is 20.8 Å². The van der Waals surface area contributed by atoms with Gasteiger partial charge in [-0.15, -0.1) is 11.3 Å². The van der Waals surface area contributed by atoms with E-state index in [9.17, 15) is 0 Å². The van der Waals surface area contributed by atoms with E-state index in [0.717, 1.165) is 36.3 Å². The maximum absolute atomic E-state index is 3.87. The Balaban J connectivity index is 1.35. The van der Waals surface area contributed by atoms with Crippen LogP contribution in [0.15, 0.2) is 11.4 Å². The molecule has 0 saturated heterocycles. The van der Waals surface area contributed by atoms with Crippen molar-refractivity contribution in [2.45, 2.75) is 65.0 Å². The Morgan fingerprint density at radius 2 is 2.10 bits per heavy atom. The molecule has 0 spiro atoms. The fourth-order valence-electron chi connectivity index (χ4n) is 4.77. The van der Waals surface area contributed by atoms with E-state index in [0.29, 0.717) is 5.41 Å². The van der Waals surface area contributed by atoms with Gasteiger partial charge in [0.1, 0.15) is 0 Å². The van der Waals surface area contributed by atoms with Gasteiger partial charge in [-0.2, -0.15) is 0 Å². The average molecular weight is 289 g/mol. The number of nitrogens with one attached hydrogen (secondary N) is 1. The third kappa shape index (κ3) is 2.07. The molecule has 4 aliphatic carbocycles. The number of hydrogen-bond donors (Lipinski definition) is 1. The Labute approximate surface area is 127 Å². The zero-order valence-corrected chi connectivity index (χ0v) is 13.8. The van der Waals surface area contributed by atoms with Crippen LogP contribution in [0.2, 0.25) is 0 Å². The first-order chi connectivity index (χ1) is 9.55. The van der Waals surface area contributed by atoms with Crippen molar-refractivity contribution in [2.75, 3.05) is 0 Å². The summed E-state index contributed by atoms with van der Waals surface area (Å²) < 4.78 is 0. The summed E-state index contributed by atoms with van der Waals surface area (Å²) in [7, 11) is 0. The molecule has 0 aliphatic heterocycles. The Hall–Kier alpha value is -0.340. The van der Waals surface area contributed by atoms with E-state index in [-0.39, 0.29) is 0 Å². The molecule has 1 aromatic rings. The maximum Gasteiger partial charge on any atom is 0.0302 e. The Kier molecular flexibility index (Phi) is 3.05. The van der Waals surface area contributed by atoms with Crippen molar-refractivity contribution in [3.63, 3.8) is 0 Å². The molecule has 110 valence electrons. The molecule has 4 fully saturated rings. The van der Waals surface area contributed by atoms with Gasteiger partial charge < -0.3 is 5.32 Å². The first kappa shape index (κ1) is 13.3. The molecule has 4 atom stereocenters. The van der Waals surface area contributed by atoms with Gasteiger partial charge in [0.25, 0.3) is 0 Å². The molecular weight excluding hydrogens is 262 g/mol. The molecule has 4 aliphatic rings. The van der Waals surface area contributed by atoms with Crippen molar-refractivity contribution in [3.8, 4) is 0 Å². The highest BCUT2D eigenvalue weighted by Crippen LogP contribution is 2.61. The van der Waals surface area contributed by atoms with Crippen LogP contribution >= 0.6 is 11.3 Å². The minimum Gasteiger partial charge on any atom is -0.309 e. The normalized spacial score (nSPS) is 38.5. The summed E-state index contributed by atoms with van der Waals surface area (Å²) >= 11 is 1.96. The van der Waals surface area contributed by atoms with Crippen LogP contribution < -0.4 is 5.32 Å². The lowest BCUT2D eigenvalue weighted by Crippen LogP contribution is -2.59. The van der Waals surface area contributed by atoms with E-state index in [4.69, 9.17) is 0 Å². The van der Waals surface area contributed by atoms with Crippen molar-refractivity contribution in [1.82, 2.24) is 5.32 Å². The second-order valence-corrected chi connectivity index (χ2v) is 9.06. The van der Waals surface area contributed by atoms with Crippen LogP contribution in [-0.4, -0.2) is 6.04 Å². The molecule has 0 aromatic carbocycles. The van der Waals surface area contributed by atoms with Gasteiger partial charge in [0.05, 0.1) is 0 Å². The molecule has 1 N–H and O–H groups in total. The first-order valence-electron chi connectivity index (χ1n) is 8.36. The van der Waals surface area contributed by atoms with E-state index in [1.807, 2.05) is 11.3 Å². The van der Waals surface area contributed by atoms with E-state index >= 15 is 0 Å². The molecular formula is C18H27NS. The minimum absolute atomic E-state index is 0.611. The summed E-state index contributed by atoms with van der Waals surface area (Å²) in [5.41, 5.74) is 2.21. The molecule has 1 nitrogen and oxygen atoms in total. The summed E-state index contributed by atoms with van der Waals surface area (Å²) in [6.07, 6.45) is 5.71. The second kappa shape index (κ2) is 4.58. The van der Waals surface area contributed by atoms with Crippen LogP contribution in [0.5, 0.6) is 0 Å². The predicted octanol–water partition coefficient (Wildman–Crippen LogP) is 4.79. The Morgan fingerprint density at radius 3 is 2.75 bits per heavy atom. The SMILES string of the molecule is C[C@@H]1[C@H]2CC(C[C@H]1NCc1cc(C3CC3)cs1)C2(C)C. The monoisotopic (exact) mass is 289 g/mol. The highest BCUT2D eigenvalue weighted by atomic mass is 32.1. The Bertz CT molecular complexity index is 499. The largest absolute Gasteiger partial charge is 0.309 e. The second-order valence-electron chi connectivity index (χ2n) is 8.06. The van der Waals surface area contributed by atoms with Gasteiger partial charge >= 0.3 is 0 Å². The maximum atomic E-state index is 3.87. The molecule has 5 rings (SSSR count). The van der Waals surface area contributed by atoms with Crippen LogP contribution in [0.4, 0.5) is 0 Å². The molecule has 4 saturated carbocycles. The van der Waals surface area contributed by atoms with Gasteiger partial charge in [-0.25, -0.2) is 0 Å². The third-order valence-electron chi connectivity index (χ3n) is 6.62. The zero-order chi connectivity index (χ0) is 13.9. The summed E-state index contributed by atoms with van der Waals surface area (Å²) in [6.45, 7) is 8.54. The van der Waals surface area contributed by atoms with Gasteiger partial charge in [-0.05, 0) is 71.8 Å². The minimum atomic E-state index is 0.611. The third-order valence-corrected chi connectivity index (χ3v) is 7.57. The molecule has 0 radical (unpaired) electrons. The van der Waals surface area contributed by atoms with Crippen LogP contribution in [-0.2, 0) is 6.54 Å². The van der Waals surface area contributed by atoms with Crippen LogP contribution in [0.3, 0.4) is 0 Å².